The lowest BCUT2D eigenvalue weighted by Crippen LogP contribution is -2.27. The van der Waals surface area contributed by atoms with Gasteiger partial charge in [-0.2, -0.15) is 0 Å². The molecule has 1 N–H and O–H groups in total. The van der Waals surface area contributed by atoms with Crippen LogP contribution in [0, 0.1) is 16.2 Å². The summed E-state index contributed by atoms with van der Waals surface area (Å²) in [6.45, 7) is 20.0. The van der Waals surface area contributed by atoms with Gasteiger partial charge in [-0.3, -0.25) is 14.4 Å². The topological polar surface area (TPSA) is 116 Å². The molecule has 188 valence electrons. The van der Waals surface area contributed by atoms with E-state index in [2.05, 4.69) is 16.1 Å². The summed E-state index contributed by atoms with van der Waals surface area (Å²) in [5.41, 5.74) is -1.34. The third-order valence-corrected chi connectivity index (χ3v) is 5.25. The van der Waals surface area contributed by atoms with Crippen LogP contribution in [0.25, 0.3) is 0 Å². The quantitative estimate of drug-likeness (QED) is 0.214. The summed E-state index contributed by atoms with van der Waals surface area (Å²) in [7, 11) is 1.42. The fourth-order valence-electron chi connectivity index (χ4n) is 1.25. The Morgan fingerprint density at radius 3 is 1.38 bits per heavy atom. The normalized spacial score (nSPS) is 10.9. The molecule has 0 unspecified atom stereocenters. The molecule has 0 aromatic rings. The summed E-state index contributed by atoms with van der Waals surface area (Å²) in [4.78, 5) is 43.2. The van der Waals surface area contributed by atoms with Crippen LogP contribution >= 0.6 is 0 Å². The van der Waals surface area contributed by atoms with Crippen LogP contribution in [0.1, 0.15) is 81.6 Å². The molecular weight excluding hydrogens is 416 g/mol. The average Bonchev–Trinajstić information content (AvgIpc) is 2.76. The minimum Gasteiger partial charge on any atom is -0.481 e. The Balaban J connectivity index is -0.000000424. The Bertz CT molecular complexity index is 603. The molecular formula is C24H44O8. The van der Waals surface area contributed by atoms with Crippen LogP contribution in [-0.2, 0) is 33.4 Å². The first-order chi connectivity index (χ1) is 14.5. The molecule has 0 aromatic carbocycles. The van der Waals surface area contributed by atoms with Crippen LogP contribution in [0.3, 0.4) is 0 Å². The van der Waals surface area contributed by atoms with Gasteiger partial charge in [0.15, 0.2) is 0 Å². The van der Waals surface area contributed by atoms with E-state index in [0.29, 0.717) is 12.8 Å². The molecule has 0 heterocycles. The second kappa shape index (κ2) is 16.3. The molecule has 0 amide bonds. The van der Waals surface area contributed by atoms with E-state index in [1.165, 1.54) is 7.11 Å². The van der Waals surface area contributed by atoms with E-state index in [1.807, 2.05) is 48.5 Å². The number of carboxylic acids is 1. The van der Waals surface area contributed by atoms with Crippen molar-refractivity contribution in [3.05, 3.63) is 12.7 Å². The molecule has 0 saturated carbocycles. The molecule has 32 heavy (non-hydrogen) atoms. The number of methoxy groups -OCH3 is 1. The van der Waals surface area contributed by atoms with Crippen molar-refractivity contribution in [2.45, 2.75) is 81.6 Å². The van der Waals surface area contributed by atoms with Gasteiger partial charge in [0.25, 0.3) is 0 Å². The first-order valence-electron chi connectivity index (χ1n) is 10.8. The van der Waals surface area contributed by atoms with Crippen molar-refractivity contribution in [1.29, 1.82) is 0 Å². The fourth-order valence-corrected chi connectivity index (χ4v) is 1.25. The molecule has 0 bridgehead atoms. The lowest BCUT2D eigenvalue weighted by Gasteiger charge is -2.20. The predicted octanol–water partition coefficient (Wildman–Crippen LogP) is 4.80. The molecule has 0 fully saturated rings. The number of carbonyl (C=O) groups is 4. The number of hydrogen-bond acceptors (Lipinski definition) is 7. The maximum Gasteiger partial charge on any atom is 0.330 e. The van der Waals surface area contributed by atoms with Crippen molar-refractivity contribution in [2.24, 2.45) is 16.2 Å². The number of esters is 3. The summed E-state index contributed by atoms with van der Waals surface area (Å²) in [6.07, 6.45) is 3.28. The van der Waals surface area contributed by atoms with Gasteiger partial charge in [0.2, 0.25) is 0 Å². The van der Waals surface area contributed by atoms with E-state index >= 15 is 0 Å². The molecule has 0 aromatic heterocycles. The standard InChI is InChI=1S/C11H18O4.C7H14O2.C6H12O2/c1-5-9(12)14-7-8-15-10(13)11(3,4)6-2;1-5-7(2,3)6(8)9-4;1-4-6(2,3)5(7)8/h5H,1,6-8H2,2-4H3;5H2,1-4H3;4H2,1-3H3,(H,7,8). The second-order valence-electron chi connectivity index (χ2n) is 9.02. The molecule has 0 rings (SSSR count). The van der Waals surface area contributed by atoms with E-state index in [1.54, 1.807) is 13.8 Å². The van der Waals surface area contributed by atoms with Crippen LogP contribution in [0.5, 0.6) is 0 Å². The number of ether oxygens (including phenoxy) is 3. The van der Waals surface area contributed by atoms with Crippen molar-refractivity contribution in [2.75, 3.05) is 20.3 Å². The molecule has 8 heteroatoms. The summed E-state index contributed by atoms with van der Waals surface area (Å²) < 4.78 is 14.2. The van der Waals surface area contributed by atoms with E-state index < -0.39 is 22.8 Å². The van der Waals surface area contributed by atoms with Crippen LogP contribution in [0.2, 0.25) is 0 Å². The van der Waals surface area contributed by atoms with Crippen LogP contribution < -0.4 is 0 Å². The highest BCUT2D eigenvalue weighted by Crippen LogP contribution is 2.21. The smallest absolute Gasteiger partial charge is 0.330 e. The zero-order valence-electron chi connectivity index (χ0n) is 21.6. The van der Waals surface area contributed by atoms with Gasteiger partial charge in [0.1, 0.15) is 13.2 Å². The van der Waals surface area contributed by atoms with Crippen LogP contribution in [0.15, 0.2) is 12.7 Å². The first kappa shape index (κ1) is 34.2. The molecule has 0 radical (unpaired) electrons. The fraction of sp³-hybridized carbons (Fsp3) is 0.750. The maximum absolute atomic E-state index is 11.4. The lowest BCUT2D eigenvalue weighted by atomic mass is 9.91. The number of carbonyl (C=O) groups excluding carboxylic acids is 3. The first-order valence-corrected chi connectivity index (χ1v) is 10.8. The minimum absolute atomic E-state index is 0.0659. The summed E-state index contributed by atoms with van der Waals surface area (Å²) >= 11 is 0. The highest BCUT2D eigenvalue weighted by Gasteiger charge is 2.27. The van der Waals surface area contributed by atoms with Crippen molar-refractivity contribution < 1.29 is 38.5 Å². The van der Waals surface area contributed by atoms with Crippen LogP contribution in [0.4, 0.5) is 0 Å². The van der Waals surface area contributed by atoms with Crippen molar-refractivity contribution in [3.63, 3.8) is 0 Å². The van der Waals surface area contributed by atoms with E-state index in [-0.39, 0.29) is 30.6 Å². The predicted molar refractivity (Wildman–Crippen MR) is 124 cm³/mol. The van der Waals surface area contributed by atoms with E-state index in [4.69, 9.17) is 9.84 Å². The molecule has 0 aliphatic rings. The summed E-state index contributed by atoms with van der Waals surface area (Å²) in [5.74, 6) is -1.65. The van der Waals surface area contributed by atoms with Gasteiger partial charge >= 0.3 is 23.9 Å². The molecule has 0 atom stereocenters. The van der Waals surface area contributed by atoms with Crippen molar-refractivity contribution in [1.82, 2.24) is 0 Å². The highest BCUT2D eigenvalue weighted by atomic mass is 16.6. The SMILES string of the molecule is C=CC(=O)OCCOC(=O)C(C)(C)CC.CCC(C)(C)C(=O)O.CCC(C)(C)C(=O)OC. The molecule has 8 nitrogen and oxygen atoms in total. The maximum atomic E-state index is 11.4. The Morgan fingerprint density at radius 1 is 0.750 bits per heavy atom. The third-order valence-electron chi connectivity index (χ3n) is 5.25. The van der Waals surface area contributed by atoms with E-state index in [0.717, 1.165) is 12.5 Å². The Morgan fingerprint density at radius 2 is 1.12 bits per heavy atom. The van der Waals surface area contributed by atoms with Crippen molar-refractivity contribution in [3.8, 4) is 0 Å². The average molecular weight is 461 g/mol. The largest absolute Gasteiger partial charge is 0.481 e. The molecule has 0 aliphatic heterocycles. The third kappa shape index (κ3) is 15.4. The number of hydrogen-bond donors (Lipinski definition) is 1. The van der Waals surface area contributed by atoms with Gasteiger partial charge in [-0.1, -0.05) is 27.4 Å². The Hall–Kier alpha value is -2.38. The van der Waals surface area contributed by atoms with Crippen LogP contribution in [-0.4, -0.2) is 49.3 Å². The van der Waals surface area contributed by atoms with Gasteiger partial charge in [0, 0.05) is 6.08 Å². The number of aliphatic carboxylic acids is 1. The van der Waals surface area contributed by atoms with Crippen molar-refractivity contribution >= 4 is 23.9 Å². The van der Waals surface area contributed by atoms with Gasteiger partial charge in [-0.15, -0.1) is 0 Å². The number of carboxylic acid groups (broad SMARTS) is 1. The van der Waals surface area contributed by atoms with Gasteiger partial charge < -0.3 is 19.3 Å². The van der Waals surface area contributed by atoms with Gasteiger partial charge in [0.05, 0.1) is 23.4 Å². The zero-order valence-corrected chi connectivity index (χ0v) is 21.6. The van der Waals surface area contributed by atoms with Gasteiger partial charge in [-0.05, 0) is 60.8 Å². The second-order valence-corrected chi connectivity index (χ2v) is 9.02. The molecule has 0 spiro atoms. The molecule has 0 aliphatic carbocycles. The lowest BCUT2D eigenvalue weighted by molar-refractivity contribution is -0.158. The zero-order chi connectivity index (χ0) is 26.2. The summed E-state index contributed by atoms with van der Waals surface area (Å²) in [6, 6.07) is 0. The van der Waals surface area contributed by atoms with Gasteiger partial charge in [-0.25, -0.2) is 4.79 Å². The number of rotatable bonds is 10. The highest BCUT2D eigenvalue weighted by molar-refractivity contribution is 5.81. The monoisotopic (exact) mass is 460 g/mol. The van der Waals surface area contributed by atoms with E-state index in [9.17, 15) is 19.2 Å². The Kier molecular flexibility index (Phi) is 17.4. The minimum atomic E-state index is -0.722. The molecule has 0 saturated heterocycles. The summed E-state index contributed by atoms with van der Waals surface area (Å²) in [5, 5.41) is 8.44. The Labute approximate surface area is 193 Å².